The lowest BCUT2D eigenvalue weighted by Crippen LogP contribution is -2.33. The van der Waals surface area contributed by atoms with E-state index in [2.05, 4.69) is 15.4 Å². The Morgan fingerprint density at radius 2 is 1.88 bits per heavy atom. The number of hydrogen-bond donors (Lipinski definition) is 2. The van der Waals surface area contributed by atoms with Gasteiger partial charge in [-0.2, -0.15) is 9.78 Å². The van der Waals surface area contributed by atoms with E-state index in [1.807, 2.05) is 24.3 Å². The fourth-order valence-electron chi connectivity index (χ4n) is 4.05. The summed E-state index contributed by atoms with van der Waals surface area (Å²) < 4.78 is 6.66. The Kier molecular flexibility index (Phi) is 7.27. The van der Waals surface area contributed by atoms with E-state index in [4.69, 9.17) is 27.9 Å². The van der Waals surface area contributed by atoms with Gasteiger partial charge in [0.15, 0.2) is 0 Å². The minimum atomic E-state index is -0.708. The highest BCUT2D eigenvalue weighted by Gasteiger charge is 2.26. The zero-order valence-corrected chi connectivity index (χ0v) is 19.1. The molecule has 10 heteroatoms. The Morgan fingerprint density at radius 3 is 2.64 bits per heavy atom. The molecule has 1 aliphatic heterocycles. The number of benzene rings is 2. The number of hydrogen-bond acceptors (Lipinski definition) is 5. The molecule has 0 saturated carbocycles. The molecular weight excluding hydrogens is 467 g/mol. The molecule has 2 N–H and O–H groups in total. The number of ether oxygens (including phenoxy) is 1. The van der Waals surface area contributed by atoms with Crippen LogP contribution in [0, 0.1) is 5.92 Å². The summed E-state index contributed by atoms with van der Waals surface area (Å²) >= 11 is 12.3. The highest BCUT2D eigenvalue weighted by Crippen LogP contribution is 2.33. The van der Waals surface area contributed by atoms with Crippen molar-refractivity contribution >= 4 is 29.1 Å². The molecule has 0 spiro atoms. The van der Waals surface area contributed by atoms with Gasteiger partial charge >= 0.3 is 5.69 Å². The second-order valence-electron chi connectivity index (χ2n) is 7.83. The number of amides is 1. The maximum atomic E-state index is 13.0. The number of halogens is 2. The van der Waals surface area contributed by atoms with Crippen LogP contribution in [0.2, 0.25) is 10.0 Å². The highest BCUT2D eigenvalue weighted by molar-refractivity contribution is 6.34. The molecule has 2 heterocycles. The van der Waals surface area contributed by atoms with Gasteiger partial charge in [-0.25, -0.2) is 4.79 Å². The SMILES string of the molecule is O=C(NC[C@@H]1CCOCCC1c1ccc(Cl)cc1)c1cc(-n2ncc(=O)[nH]c2=O)ccc1Cl. The van der Waals surface area contributed by atoms with Crippen LogP contribution in [-0.2, 0) is 4.74 Å². The minimum absolute atomic E-state index is 0.170. The maximum Gasteiger partial charge on any atom is 0.349 e. The lowest BCUT2D eigenvalue weighted by molar-refractivity contribution is 0.0942. The molecule has 1 aliphatic rings. The van der Waals surface area contributed by atoms with Crippen molar-refractivity contribution in [2.75, 3.05) is 19.8 Å². The van der Waals surface area contributed by atoms with Gasteiger partial charge in [0.25, 0.3) is 11.5 Å². The summed E-state index contributed by atoms with van der Waals surface area (Å²) in [4.78, 5) is 38.5. The Hall–Kier alpha value is -2.94. The van der Waals surface area contributed by atoms with Crippen molar-refractivity contribution in [1.82, 2.24) is 20.1 Å². The topological polar surface area (TPSA) is 106 Å². The number of rotatable bonds is 5. The van der Waals surface area contributed by atoms with Gasteiger partial charge in [0.2, 0.25) is 0 Å². The second kappa shape index (κ2) is 10.3. The van der Waals surface area contributed by atoms with Crippen molar-refractivity contribution in [1.29, 1.82) is 0 Å². The fraction of sp³-hybridized carbons (Fsp3) is 0.304. The maximum absolute atomic E-state index is 13.0. The first kappa shape index (κ1) is 23.2. The Bertz CT molecular complexity index is 1260. The third-order valence-corrected chi connectivity index (χ3v) is 6.33. The zero-order valence-electron chi connectivity index (χ0n) is 17.6. The lowest BCUT2D eigenvalue weighted by atomic mass is 9.82. The molecule has 1 aromatic heterocycles. The molecule has 1 saturated heterocycles. The summed E-state index contributed by atoms with van der Waals surface area (Å²) in [5, 5.41) is 7.72. The molecule has 2 aromatic carbocycles. The van der Waals surface area contributed by atoms with E-state index in [9.17, 15) is 14.4 Å². The van der Waals surface area contributed by atoms with Crippen LogP contribution in [0.4, 0.5) is 0 Å². The lowest BCUT2D eigenvalue weighted by Gasteiger charge is -2.25. The smallest absolute Gasteiger partial charge is 0.349 e. The van der Waals surface area contributed by atoms with Crippen molar-refractivity contribution in [3.63, 3.8) is 0 Å². The van der Waals surface area contributed by atoms with Crippen LogP contribution >= 0.6 is 23.2 Å². The standard InChI is InChI=1S/C23H22Cl2N4O4/c24-16-3-1-14(2-4-16)18-8-10-33-9-7-15(18)12-26-22(31)19-11-17(5-6-20(19)25)29-23(32)28-21(30)13-27-29/h1-6,11,13,15,18H,7-10,12H2,(H,26,31)(H,28,30,32)/t15-,18?/m0/s1. The first-order valence-corrected chi connectivity index (χ1v) is 11.3. The van der Waals surface area contributed by atoms with Crippen molar-refractivity contribution in [3.8, 4) is 5.69 Å². The normalized spacial score (nSPS) is 18.5. The third kappa shape index (κ3) is 5.52. The molecule has 8 nitrogen and oxygen atoms in total. The number of nitrogens with one attached hydrogen (secondary N) is 2. The number of aromatic amines is 1. The number of H-pyrrole nitrogens is 1. The van der Waals surface area contributed by atoms with Gasteiger partial charge < -0.3 is 10.1 Å². The van der Waals surface area contributed by atoms with E-state index in [0.717, 1.165) is 29.3 Å². The number of aromatic nitrogens is 3. The molecule has 0 bridgehead atoms. The van der Waals surface area contributed by atoms with Crippen LogP contribution in [0.1, 0.15) is 34.7 Å². The summed E-state index contributed by atoms with van der Waals surface area (Å²) in [5.74, 6) is 0.0261. The van der Waals surface area contributed by atoms with Gasteiger partial charge in [0.05, 0.1) is 16.3 Å². The predicted octanol–water partition coefficient (Wildman–Crippen LogP) is 3.17. The molecule has 2 atom stereocenters. The molecule has 172 valence electrons. The second-order valence-corrected chi connectivity index (χ2v) is 8.68. The van der Waals surface area contributed by atoms with Crippen molar-refractivity contribution in [3.05, 3.63) is 90.7 Å². The molecule has 33 heavy (non-hydrogen) atoms. The van der Waals surface area contributed by atoms with Gasteiger partial charge in [-0.1, -0.05) is 35.3 Å². The Labute approximate surface area is 199 Å². The van der Waals surface area contributed by atoms with Crippen molar-refractivity contribution in [2.45, 2.75) is 18.8 Å². The van der Waals surface area contributed by atoms with E-state index >= 15 is 0 Å². The fourth-order valence-corrected chi connectivity index (χ4v) is 4.38. The third-order valence-electron chi connectivity index (χ3n) is 5.75. The summed E-state index contributed by atoms with van der Waals surface area (Å²) in [7, 11) is 0. The number of carbonyl (C=O) groups excluding carboxylic acids is 1. The largest absolute Gasteiger partial charge is 0.381 e. The average Bonchev–Trinajstić information content (AvgIpc) is 3.04. The molecule has 0 radical (unpaired) electrons. The average molecular weight is 489 g/mol. The van der Waals surface area contributed by atoms with E-state index in [1.54, 1.807) is 6.07 Å². The summed E-state index contributed by atoms with van der Waals surface area (Å²) in [6.45, 7) is 1.72. The molecule has 1 amide bonds. The van der Waals surface area contributed by atoms with Gasteiger partial charge in [-0.15, -0.1) is 0 Å². The van der Waals surface area contributed by atoms with Crippen molar-refractivity contribution < 1.29 is 9.53 Å². The van der Waals surface area contributed by atoms with Gasteiger partial charge in [0.1, 0.15) is 6.20 Å². The zero-order chi connectivity index (χ0) is 23.4. The van der Waals surface area contributed by atoms with Crippen LogP contribution < -0.4 is 16.6 Å². The molecule has 0 aliphatic carbocycles. The molecular formula is C23H22Cl2N4O4. The first-order chi connectivity index (χ1) is 15.9. The molecule has 4 rings (SSSR count). The van der Waals surface area contributed by atoms with E-state index in [1.165, 1.54) is 12.1 Å². The van der Waals surface area contributed by atoms with Gasteiger partial charge in [0, 0.05) is 24.8 Å². The molecule has 1 fully saturated rings. The van der Waals surface area contributed by atoms with E-state index in [-0.39, 0.29) is 28.3 Å². The number of carbonyl (C=O) groups is 1. The Balaban J connectivity index is 1.53. The van der Waals surface area contributed by atoms with Crippen LogP contribution in [0.3, 0.4) is 0 Å². The van der Waals surface area contributed by atoms with E-state index in [0.29, 0.717) is 30.5 Å². The van der Waals surface area contributed by atoms with E-state index < -0.39 is 11.2 Å². The van der Waals surface area contributed by atoms with Crippen LogP contribution in [0.25, 0.3) is 5.69 Å². The first-order valence-electron chi connectivity index (χ1n) is 10.5. The molecule has 1 unspecified atom stereocenters. The minimum Gasteiger partial charge on any atom is -0.381 e. The highest BCUT2D eigenvalue weighted by atomic mass is 35.5. The summed E-state index contributed by atoms with van der Waals surface area (Å²) in [5.41, 5.74) is 0.369. The summed E-state index contributed by atoms with van der Waals surface area (Å²) in [6.07, 6.45) is 2.64. The van der Waals surface area contributed by atoms with Crippen LogP contribution in [-0.4, -0.2) is 40.4 Å². The van der Waals surface area contributed by atoms with Gasteiger partial charge in [-0.3, -0.25) is 14.6 Å². The monoisotopic (exact) mass is 488 g/mol. The van der Waals surface area contributed by atoms with Crippen LogP contribution in [0.15, 0.2) is 58.3 Å². The summed E-state index contributed by atoms with van der Waals surface area (Å²) in [6, 6.07) is 12.3. The molecule has 3 aromatic rings. The quantitative estimate of drug-likeness (QED) is 0.573. The van der Waals surface area contributed by atoms with Gasteiger partial charge in [-0.05, 0) is 60.6 Å². The predicted molar refractivity (Wildman–Crippen MR) is 126 cm³/mol. The Morgan fingerprint density at radius 1 is 1.12 bits per heavy atom. The van der Waals surface area contributed by atoms with Crippen molar-refractivity contribution in [2.24, 2.45) is 5.92 Å². The number of nitrogens with zero attached hydrogens (tertiary/aromatic N) is 2. The van der Waals surface area contributed by atoms with Crippen LogP contribution in [0.5, 0.6) is 0 Å².